The molecule has 3 atom stereocenters. The van der Waals surface area contributed by atoms with Crippen molar-refractivity contribution in [2.45, 2.75) is 81.8 Å². The van der Waals surface area contributed by atoms with Crippen molar-refractivity contribution in [1.82, 2.24) is 25.5 Å². The fourth-order valence-corrected chi connectivity index (χ4v) is 7.03. The van der Waals surface area contributed by atoms with Gasteiger partial charge in [0.25, 0.3) is 0 Å². The van der Waals surface area contributed by atoms with Gasteiger partial charge in [-0.05, 0) is 75.4 Å². The third-order valence-electron chi connectivity index (χ3n) is 8.91. The molecule has 1 saturated heterocycles. The van der Waals surface area contributed by atoms with Gasteiger partial charge in [-0.15, -0.1) is 5.10 Å². The van der Waals surface area contributed by atoms with Crippen LogP contribution >= 0.6 is 11.8 Å². The monoisotopic (exact) mass is 721 g/mol. The molecule has 0 aliphatic carbocycles. The van der Waals surface area contributed by atoms with E-state index in [1.807, 2.05) is 84.9 Å². The maximum atomic E-state index is 12.5. The van der Waals surface area contributed by atoms with Crippen molar-refractivity contribution in [3.63, 3.8) is 0 Å². The van der Waals surface area contributed by atoms with Gasteiger partial charge in [0.05, 0.1) is 24.5 Å². The number of hydrogen-bond acceptors (Lipinski definition) is 9. The lowest BCUT2D eigenvalue weighted by Gasteiger charge is -2.36. The van der Waals surface area contributed by atoms with Gasteiger partial charge < -0.3 is 25.0 Å². The van der Waals surface area contributed by atoms with Crippen molar-refractivity contribution in [2.24, 2.45) is 0 Å². The zero-order chi connectivity index (χ0) is 36.1. The highest BCUT2D eigenvalue weighted by molar-refractivity contribution is 7.99. The molecule has 1 aliphatic rings. The van der Waals surface area contributed by atoms with Crippen molar-refractivity contribution in [3.05, 3.63) is 125 Å². The van der Waals surface area contributed by atoms with Crippen LogP contribution in [0.4, 0.5) is 0 Å². The van der Waals surface area contributed by atoms with E-state index in [9.17, 15) is 14.7 Å². The second kappa shape index (κ2) is 18.6. The summed E-state index contributed by atoms with van der Waals surface area (Å²) in [6, 6.07) is 33.9. The topological polar surface area (TPSA) is 149 Å². The van der Waals surface area contributed by atoms with Gasteiger partial charge in [-0.3, -0.25) is 9.59 Å². The summed E-state index contributed by atoms with van der Waals surface area (Å²) in [5, 5.41) is 34.4. The summed E-state index contributed by atoms with van der Waals surface area (Å²) in [6.45, 7) is 0.398. The predicted molar refractivity (Wildman–Crippen MR) is 197 cm³/mol. The van der Waals surface area contributed by atoms with Crippen LogP contribution in [0.2, 0.25) is 0 Å². The molecule has 4 aromatic carbocycles. The molecule has 0 radical (unpaired) electrons. The van der Waals surface area contributed by atoms with Gasteiger partial charge in [0.2, 0.25) is 11.1 Å². The first-order valence-corrected chi connectivity index (χ1v) is 18.6. The Hall–Kier alpha value is -4.88. The number of nitrogens with one attached hydrogen (secondary N) is 1. The Labute approximate surface area is 307 Å². The number of carboxylic acids is 1. The van der Waals surface area contributed by atoms with Gasteiger partial charge in [0.15, 0.2) is 6.29 Å². The number of aliphatic hydroxyl groups excluding tert-OH is 1. The van der Waals surface area contributed by atoms with E-state index in [0.717, 1.165) is 58.3 Å². The van der Waals surface area contributed by atoms with E-state index in [4.69, 9.17) is 14.6 Å². The molecule has 0 bridgehead atoms. The zero-order valence-electron chi connectivity index (χ0n) is 28.8. The van der Waals surface area contributed by atoms with Crippen molar-refractivity contribution < 1.29 is 29.3 Å². The number of aromatic nitrogens is 4. The summed E-state index contributed by atoms with van der Waals surface area (Å²) in [5.41, 5.74) is 6.63. The molecule has 270 valence electrons. The number of rotatable bonds is 17. The minimum atomic E-state index is -0.781. The number of para-hydroxylation sites is 1. The van der Waals surface area contributed by atoms with Crippen LogP contribution in [-0.2, 0) is 32.2 Å². The summed E-state index contributed by atoms with van der Waals surface area (Å²) in [5.74, 6) is -0.185. The number of carbonyl (C=O) groups excluding carboxylic acids is 1. The van der Waals surface area contributed by atoms with E-state index < -0.39 is 12.3 Å². The second-order valence-corrected chi connectivity index (χ2v) is 13.8. The number of amides is 1. The number of tetrazole rings is 1. The first-order chi connectivity index (χ1) is 25.4. The van der Waals surface area contributed by atoms with Gasteiger partial charge in [0.1, 0.15) is 0 Å². The smallest absolute Gasteiger partial charge is 0.303 e. The number of nitrogens with zero attached hydrogens (tertiary/aromatic N) is 4. The molecule has 5 aromatic rings. The molecule has 52 heavy (non-hydrogen) atoms. The lowest BCUT2D eigenvalue weighted by atomic mass is 9.99. The van der Waals surface area contributed by atoms with E-state index in [0.29, 0.717) is 36.7 Å². The number of ether oxygens (including phenoxy) is 2. The Morgan fingerprint density at radius 1 is 0.808 bits per heavy atom. The van der Waals surface area contributed by atoms with E-state index in [1.165, 1.54) is 11.8 Å². The third-order valence-corrected chi connectivity index (χ3v) is 9.96. The molecule has 1 fully saturated rings. The van der Waals surface area contributed by atoms with Crippen molar-refractivity contribution in [2.75, 3.05) is 5.75 Å². The van der Waals surface area contributed by atoms with Crippen LogP contribution in [0.3, 0.4) is 0 Å². The Morgan fingerprint density at radius 2 is 1.56 bits per heavy atom. The minimum absolute atomic E-state index is 0.0120. The summed E-state index contributed by atoms with van der Waals surface area (Å²) < 4.78 is 15.0. The molecule has 2 heterocycles. The Bertz CT molecular complexity index is 1900. The molecule has 1 aliphatic heterocycles. The van der Waals surface area contributed by atoms with Crippen LogP contribution in [0.5, 0.6) is 0 Å². The van der Waals surface area contributed by atoms with Crippen molar-refractivity contribution in [3.8, 4) is 16.8 Å². The van der Waals surface area contributed by atoms with Crippen molar-refractivity contribution >= 4 is 23.6 Å². The molecular weight excluding hydrogens is 679 g/mol. The largest absolute Gasteiger partial charge is 0.481 e. The number of hydrogen-bond donors (Lipinski definition) is 3. The van der Waals surface area contributed by atoms with Crippen LogP contribution in [0.15, 0.2) is 108 Å². The highest BCUT2D eigenvalue weighted by Gasteiger charge is 2.33. The van der Waals surface area contributed by atoms with Crippen LogP contribution in [0, 0.1) is 0 Å². The molecule has 0 saturated carbocycles. The van der Waals surface area contributed by atoms with Crippen molar-refractivity contribution in [1.29, 1.82) is 0 Å². The maximum Gasteiger partial charge on any atom is 0.303 e. The number of aliphatic hydroxyl groups is 1. The zero-order valence-corrected chi connectivity index (χ0v) is 29.7. The summed E-state index contributed by atoms with van der Waals surface area (Å²) in [7, 11) is 0. The molecule has 3 N–H and O–H groups in total. The van der Waals surface area contributed by atoms with Crippen LogP contribution in [0.1, 0.15) is 79.6 Å². The summed E-state index contributed by atoms with van der Waals surface area (Å²) >= 11 is 1.54. The van der Waals surface area contributed by atoms with Gasteiger partial charge in [0, 0.05) is 37.1 Å². The van der Waals surface area contributed by atoms with Gasteiger partial charge >= 0.3 is 5.97 Å². The van der Waals surface area contributed by atoms with Crippen LogP contribution < -0.4 is 5.32 Å². The number of thioether (sulfide) groups is 1. The molecule has 1 aromatic heterocycles. The average Bonchev–Trinajstić information content (AvgIpc) is 3.67. The first-order valence-electron chi connectivity index (χ1n) is 17.6. The normalized spacial score (nSPS) is 17.1. The Morgan fingerprint density at radius 3 is 2.33 bits per heavy atom. The number of benzene rings is 4. The standard InChI is InChI=1S/C40H43N5O6S/c46-26-28-18-20-30(21-19-28)36-24-35(27-52-40-42-43-44-45(40)34-14-4-3-5-15-34)50-39(51-36)33-13-9-12-32(23-33)31-11-8-10-29(22-31)25-41-37(47)16-6-1-2-7-17-38(48)49/h3-5,8-15,18-23,35-36,39,46H,1-2,6-7,16-17,24-27H2,(H,41,47)(H,48,49)/t35-,36+,39+/m0/s1. The average molecular weight is 722 g/mol. The van der Waals surface area contributed by atoms with E-state index in [1.54, 1.807) is 4.68 Å². The number of unbranched alkanes of at least 4 members (excludes halogenated alkanes) is 3. The molecular formula is C40H43N5O6S. The fourth-order valence-electron chi connectivity index (χ4n) is 6.12. The maximum absolute atomic E-state index is 12.5. The number of carboxylic acid groups (broad SMARTS) is 1. The van der Waals surface area contributed by atoms with Gasteiger partial charge in [-0.1, -0.05) is 103 Å². The summed E-state index contributed by atoms with van der Waals surface area (Å²) in [4.78, 5) is 23.1. The highest BCUT2D eigenvalue weighted by atomic mass is 32.2. The molecule has 12 heteroatoms. The minimum Gasteiger partial charge on any atom is -0.481 e. The van der Waals surface area contributed by atoms with Crippen LogP contribution in [-0.4, -0.2) is 54.2 Å². The predicted octanol–water partition coefficient (Wildman–Crippen LogP) is 7.20. The van der Waals surface area contributed by atoms with Gasteiger partial charge in [-0.2, -0.15) is 4.68 Å². The molecule has 6 rings (SSSR count). The van der Waals surface area contributed by atoms with E-state index in [2.05, 4.69) is 39.0 Å². The third kappa shape index (κ3) is 10.3. The SMILES string of the molecule is O=C(O)CCCCCCC(=O)NCc1cccc(-c2cccc([C@@H]3O[C@H](CSc4nnnn4-c4ccccc4)C[C@H](c4ccc(CO)cc4)O3)c2)c1. The molecule has 11 nitrogen and oxygen atoms in total. The Balaban J connectivity index is 1.12. The fraction of sp³-hybridized carbons (Fsp3) is 0.325. The molecule has 0 spiro atoms. The Kier molecular flexibility index (Phi) is 13.2. The lowest BCUT2D eigenvalue weighted by molar-refractivity contribution is -0.245. The van der Waals surface area contributed by atoms with E-state index >= 15 is 0 Å². The molecule has 0 unspecified atom stereocenters. The number of carbonyl (C=O) groups is 2. The van der Waals surface area contributed by atoms with Crippen LogP contribution in [0.25, 0.3) is 16.8 Å². The lowest BCUT2D eigenvalue weighted by Crippen LogP contribution is -2.31. The quantitative estimate of drug-likeness (QED) is 0.0665. The van der Waals surface area contributed by atoms with Gasteiger partial charge in [-0.25, -0.2) is 0 Å². The number of aliphatic carboxylic acids is 1. The van der Waals surface area contributed by atoms with E-state index in [-0.39, 0.29) is 31.1 Å². The molecule has 1 amide bonds. The first kappa shape index (κ1) is 36.9. The summed E-state index contributed by atoms with van der Waals surface area (Å²) in [6.07, 6.45) is 3.23. The highest BCUT2D eigenvalue weighted by Crippen LogP contribution is 2.40. The second-order valence-electron chi connectivity index (χ2n) is 12.8.